The number of carbonyl (C=O) groups is 1. The topological polar surface area (TPSA) is 75.1 Å². The Balaban J connectivity index is 1.88. The Morgan fingerprint density at radius 2 is 2.32 bits per heavy atom. The summed E-state index contributed by atoms with van der Waals surface area (Å²) in [5.41, 5.74) is 1.31. The molecule has 0 aliphatic carbocycles. The molecule has 6 heteroatoms. The van der Waals surface area contributed by atoms with Crippen LogP contribution in [-0.2, 0) is 12.8 Å². The van der Waals surface area contributed by atoms with Crippen LogP contribution in [0.4, 0.5) is 5.13 Å². The number of carboxylic acids is 1. The number of hydrogen-bond donors (Lipinski definition) is 2. The highest BCUT2D eigenvalue weighted by Gasteiger charge is 2.04. The zero-order valence-electron chi connectivity index (χ0n) is 10.6. The number of hydrogen-bond acceptors (Lipinski definition) is 5. The van der Waals surface area contributed by atoms with Gasteiger partial charge in [-0.2, -0.15) is 4.37 Å². The predicted molar refractivity (Wildman–Crippen MR) is 74.9 cm³/mol. The van der Waals surface area contributed by atoms with Crippen LogP contribution in [0, 0.1) is 0 Å². The summed E-state index contributed by atoms with van der Waals surface area (Å²) in [5, 5.41) is 12.9. The van der Waals surface area contributed by atoms with E-state index < -0.39 is 5.97 Å². The second-order valence-electron chi connectivity index (χ2n) is 4.05. The van der Waals surface area contributed by atoms with E-state index in [2.05, 4.69) is 14.7 Å². The van der Waals surface area contributed by atoms with E-state index in [1.54, 1.807) is 18.2 Å². The van der Waals surface area contributed by atoms with Crippen molar-refractivity contribution >= 4 is 22.6 Å². The van der Waals surface area contributed by atoms with E-state index in [0.29, 0.717) is 12.1 Å². The quantitative estimate of drug-likeness (QED) is 0.848. The van der Waals surface area contributed by atoms with Crippen molar-refractivity contribution < 1.29 is 9.90 Å². The lowest BCUT2D eigenvalue weighted by molar-refractivity contribution is 0.0697. The molecule has 0 bridgehead atoms. The molecule has 0 aliphatic rings. The summed E-state index contributed by atoms with van der Waals surface area (Å²) in [6, 6.07) is 6.98. The van der Waals surface area contributed by atoms with Crippen LogP contribution < -0.4 is 5.32 Å². The zero-order chi connectivity index (χ0) is 13.7. The van der Waals surface area contributed by atoms with Crippen LogP contribution in [0.2, 0.25) is 0 Å². The lowest BCUT2D eigenvalue weighted by atomic mass is 10.1. The molecular weight excluding hydrogens is 262 g/mol. The van der Waals surface area contributed by atoms with Crippen LogP contribution in [0.5, 0.6) is 0 Å². The number of carboxylic acid groups (broad SMARTS) is 1. The maximum Gasteiger partial charge on any atom is 0.335 e. The third-order valence-corrected chi connectivity index (χ3v) is 3.36. The van der Waals surface area contributed by atoms with E-state index >= 15 is 0 Å². The smallest absolute Gasteiger partial charge is 0.335 e. The largest absolute Gasteiger partial charge is 0.478 e. The van der Waals surface area contributed by atoms with Gasteiger partial charge in [-0.25, -0.2) is 9.78 Å². The average molecular weight is 277 g/mol. The Kier molecular flexibility index (Phi) is 4.46. The molecule has 0 amide bonds. The minimum atomic E-state index is -0.897. The maximum atomic E-state index is 10.9. The molecule has 0 radical (unpaired) electrons. The van der Waals surface area contributed by atoms with Gasteiger partial charge in [0.1, 0.15) is 5.82 Å². The summed E-state index contributed by atoms with van der Waals surface area (Å²) in [6.07, 6.45) is 1.58. The van der Waals surface area contributed by atoms with Gasteiger partial charge in [-0.1, -0.05) is 19.1 Å². The number of nitrogens with one attached hydrogen (secondary N) is 1. The summed E-state index contributed by atoms with van der Waals surface area (Å²) in [7, 11) is 0. The normalized spacial score (nSPS) is 10.4. The molecule has 0 atom stereocenters. The van der Waals surface area contributed by atoms with Crippen molar-refractivity contribution in [1.82, 2.24) is 9.36 Å². The van der Waals surface area contributed by atoms with Gasteiger partial charge >= 0.3 is 5.97 Å². The fraction of sp³-hybridized carbons (Fsp3) is 0.308. The molecule has 5 nitrogen and oxygen atoms in total. The summed E-state index contributed by atoms with van der Waals surface area (Å²) >= 11 is 1.35. The van der Waals surface area contributed by atoms with Crippen molar-refractivity contribution in [2.75, 3.05) is 11.9 Å². The summed E-state index contributed by atoms with van der Waals surface area (Å²) in [6.45, 7) is 2.73. The fourth-order valence-electron chi connectivity index (χ4n) is 1.64. The fourth-order valence-corrected chi connectivity index (χ4v) is 2.32. The third-order valence-electron chi connectivity index (χ3n) is 2.65. The molecule has 2 aromatic rings. The molecule has 0 spiro atoms. The molecule has 1 heterocycles. The van der Waals surface area contributed by atoms with Crippen LogP contribution in [0.15, 0.2) is 24.3 Å². The number of aromatic carboxylic acids is 1. The Bertz CT molecular complexity index is 569. The second kappa shape index (κ2) is 6.29. The number of benzene rings is 1. The minimum absolute atomic E-state index is 0.321. The SMILES string of the molecule is CCc1nsc(NCCc2cccc(C(=O)O)c2)n1. The molecule has 0 saturated carbocycles. The van der Waals surface area contributed by atoms with E-state index in [0.717, 1.165) is 29.4 Å². The molecule has 0 aliphatic heterocycles. The van der Waals surface area contributed by atoms with Gasteiger partial charge in [0.05, 0.1) is 5.56 Å². The maximum absolute atomic E-state index is 10.9. The Labute approximate surface area is 115 Å². The summed E-state index contributed by atoms with van der Waals surface area (Å²) in [4.78, 5) is 15.2. The lowest BCUT2D eigenvalue weighted by Gasteiger charge is -2.03. The first-order valence-electron chi connectivity index (χ1n) is 6.07. The van der Waals surface area contributed by atoms with Crippen molar-refractivity contribution in [2.24, 2.45) is 0 Å². The van der Waals surface area contributed by atoms with Crippen LogP contribution in [-0.4, -0.2) is 27.0 Å². The predicted octanol–water partition coefficient (Wildman–Crippen LogP) is 2.45. The Morgan fingerprint density at radius 1 is 1.47 bits per heavy atom. The number of aryl methyl sites for hydroxylation is 1. The molecule has 1 aromatic heterocycles. The molecule has 0 saturated heterocycles. The highest BCUT2D eigenvalue weighted by molar-refractivity contribution is 7.09. The van der Waals surface area contributed by atoms with Crippen LogP contribution >= 0.6 is 11.5 Å². The third kappa shape index (κ3) is 3.75. The van der Waals surface area contributed by atoms with E-state index in [1.807, 2.05) is 13.0 Å². The van der Waals surface area contributed by atoms with E-state index in [4.69, 9.17) is 5.11 Å². The zero-order valence-corrected chi connectivity index (χ0v) is 11.4. The number of rotatable bonds is 6. The van der Waals surface area contributed by atoms with Crippen molar-refractivity contribution in [3.8, 4) is 0 Å². The monoisotopic (exact) mass is 277 g/mol. The van der Waals surface area contributed by atoms with Gasteiger partial charge in [0.15, 0.2) is 0 Å². The number of anilines is 1. The molecule has 2 N–H and O–H groups in total. The molecule has 0 fully saturated rings. The van der Waals surface area contributed by atoms with Crippen molar-refractivity contribution in [3.63, 3.8) is 0 Å². The molecule has 0 unspecified atom stereocenters. The van der Waals surface area contributed by atoms with Gasteiger partial charge in [0.25, 0.3) is 0 Å². The van der Waals surface area contributed by atoms with Gasteiger partial charge in [-0.15, -0.1) is 0 Å². The van der Waals surface area contributed by atoms with Gasteiger partial charge in [-0.05, 0) is 24.1 Å². The standard InChI is InChI=1S/C13H15N3O2S/c1-2-11-15-13(19-16-11)14-7-6-9-4-3-5-10(8-9)12(17)18/h3-5,8H,2,6-7H2,1H3,(H,17,18)(H,14,15,16). The molecule has 2 rings (SSSR count). The van der Waals surface area contributed by atoms with Crippen molar-refractivity contribution in [1.29, 1.82) is 0 Å². The van der Waals surface area contributed by atoms with Crippen molar-refractivity contribution in [3.05, 3.63) is 41.2 Å². The highest BCUT2D eigenvalue weighted by atomic mass is 32.1. The highest BCUT2D eigenvalue weighted by Crippen LogP contribution is 2.12. The Hall–Kier alpha value is -1.95. The first-order valence-corrected chi connectivity index (χ1v) is 6.85. The first kappa shape index (κ1) is 13.5. The minimum Gasteiger partial charge on any atom is -0.478 e. The molecule has 1 aromatic carbocycles. The molecular formula is C13H15N3O2S. The van der Waals surface area contributed by atoms with Gasteiger partial charge in [0.2, 0.25) is 5.13 Å². The van der Waals surface area contributed by atoms with Crippen LogP contribution in [0.1, 0.15) is 28.7 Å². The van der Waals surface area contributed by atoms with Crippen molar-refractivity contribution in [2.45, 2.75) is 19.8 Å². The van der Waals surface area contributed by atoms with Gasteiger partial charge in [0, 0.05) is 24.5 Å². The average Bonchev–Trinajstić information content (AvgIpc) is 2.87. The van der Waals surface area contributed by atoms with E-state index in [9.17, 15) is 4.79 Å². The Morgan fingerprint density at radius 3 is 3.00 bits per heavy atom. The first-order chi connectivity index (χ1) is 9.19. The second-order valence-corrected chi connectivity index (χ2v) is 4.80. The molecule has 19 heavy (non-hydrogen) atoms. The number of nitrogens with zero attached hydrogens (tertiary/aromatic N) is 2. The van der Waals surface area contributed by atoms with Crippen LogP contribution in [0.25, 0.3) is 0 Å². The van der Waals surface area contributed by atoms with Gasteiger partial charge < -0.3 is 10.4 Å². The van der Waals surface area contributed by atoms with E-state index in [-0.39, 0.29) is 0 Å². The lowest BCUT2D eigenvalue weighted by Crippen LogP contribution is -2.05. The summed E-state index contributed by atoms with van der Waals surface area (Å²) in [5.74, 6) is -0.0492. The number of aromatic nitrogens is 2. The van der Waals surface area contributed by atoms with Gasteiger partial charge in [-0.3, -0.25) is 0 Å². The van der Waals surface area contributed by atoms with Crippen LogP contribution in [0.3, 0.4) is 0 Å². The molecule has 100 valence electrons. The van der Waals surface area contributed by atoms with E-state index in [1.165, 1.54) is 11.5 Å². The summed E-state index contributed by atoms with van der Waals surface area (Å²) < 4.78 is 4.19.